The van der Waals surface area contributed by atoms with Crippen LogP contribution in [0.1, 0.15) is 57.6 Å². The monoisotopic (exact) mass is 829 g/mol. The molecule has 4 aliphatic carbocycles. The van der Waals surface area contributed by atoms with Crippen LogP contribution in [0.5, 0.6) is 0 Å². The van der Waals surface area contributed by atoms with E-state index in [0.29, 0.717) is 0 Å². The van der Waals surface area contributed by atoms with Crippen LogP contribution in [-0.4, -0.2) is 11.7 Å². The fourth-order valence-corrected chi connectivity index (χ4v) is 12.7. The Morgan fingerprint density at radius 3 is 1.49 bits per heavy atom. The molecule has 0 saturated heterocycles. The van der Waals surface area contributed by atoms with Gasteiger partial charge in [0.05, 0.1) is 10.8 Å². The van der Waals surface area contributed by atoms with Crippen molar-refractivity contribution in [1.82, 2.24) is 5.32 Å². The standard InChI is InChI=1S/C62H43N3/c1-38-30-35-55-57(56(38)60-64-58(43-33-31-39-16-2-4-18-41(39)36-43)63-59(65-60)44-34-32-40-17-3-5-19-42(40)37-44)62(51-26-12-8-22-47(51)48-23-9-13-27-52(48)62)54-29-15-14-28-53(54)61(55)49-24-10-6-20-45(49)46-21-7-11-25-50(46)61/h2-38,56,58H,1H3,(H,63,64,65). The van der Waals surface area contributed by atoms with E-state index >= 15 is 0 Å². The molecule has 9 aromatic carbocycles. The van der Waals surface area contributed by atoms with Gasteiger partial charge >= 0.3 is 0 Å². The van der Waals surface area contributed by atoms with Gasteiger partial charge in [0.2, 0.25) is 0 Å². The number of hydrogen-bond donors (Lipinski definition) is 1. The van der Waals surface area contributed by atoms with Crippen molar-refractivity contribution in [3.05, 3.63) is 274 Å². The molecular formula is C62H43N3. The van der Waals surface area contributed by atoms with Gasteiger partial charge in [0.1, 0.15) is 17.8 Å². The summed E-state index contributed by atoms with van der Waals surface area (Å²) in [6.07, 6.45) is 4.60. The van der Waals surface area contributed by atoms with Crippen molar-refractivity contribution in [2.45, 2.75) is 23.9 Å². The predicted octanol–water partition coefficient (Wildman–Crippen LogP) is 13.9. The highest BCUT2D eigenvalue weighted by atomic mass is 15.2. The Hall–Kier alpha value is -7.88. The van der Waals surface area contributed by atoms with Crippen LogP contribution < -0.4 is 5.32 Å². The molecule has 0 aromatic heterocycles. The molecule has 65 heavy (non-hydrogen) atoms. The first kappa shape index (κ1) is 36.6. The number of nitrogens with one attached hydrogen (secondary N) is 1. The van der Waals surface area contributed by atoms with Crippen LogP contribution in [0.25, 0.3) is 43.8 Å². The molecule has 14 rings (SSSR count). The van der Waals surface area contributed by atoms with E-state index in [1.165, 1.54) is 88.3 Å². The van der Waals surface area contributed by atoms with Crippen molar-refractivity contribution in [3.8, 4) is 22.3 Å². The Kier molecular flexibility index (Phi) is 7.63. The topological polar surface area (TPSA) is 36.8 Å². The molecule has 3 heteroatoms. The molecular weight excluding hydrogens is 787 g/mol. The van der Waals surface area contributed by atoms with Crippen LogP contribution in [-0.2, 0) is 10.8 Å². The minimum Gasteiger partial charge on any atom is -0.344 e. The highest BCUT2D eigenvalue weighted by Gasteiger charge is 2.62. The molecule has 0 radical (unpaired) electrons. The van der Waals surface area contributed by atoms with Gasteiger partial charge in [-0.3, -0.25) is 0 Å². The lowest BCUT2D eigenvalue weighted by atomic mass is 9.48. The van der Waals surface area contributed by atoms with Gasteiger partial charge in [-0.2, -0.15) is 0 Å². The van der Waals surface area contributed by atoms with Crippen molar-refractivity contribution >= 4 is 33.2 Å². The van der Waals surface area contributed by atoms with Gasteiger partial charge < -0.3 is 5.32 Å². The summed E-state index contributed by atoms with van der Waals surface area (Å²) in [4.78, 5) is 11.6. The smallest absolute Gasteiger partial charge is 0.147 e. The van der Waals surface area contributed by atoms with Gasteiger partial charge in [0.25, 0.3) is 0 Å². The third kappa shape index (κ3) is 4.85. The lowest BCUT2D eigenvalue weighted by Crippen LogP contribution is -2.49. The van der Waals surface area contributed by atoms with Crippen LogP contribution in [0.15, 0.2) is 240 Å². The van der Waals surface area contributed by atoms with Gasteiger partial charge in [0.15, 0.2) is 0 Å². The summed E-state index contributed by atoms with van der Waals surface area (Å²) in [7, 11) is 0. The third-order valence-corrected chi connectivity index (χ3v) is 15.3. The van der Waals surface area contributed by atoms with E-state index in [1.807, 2.05) is 0 Å². The molecule has 306 valence electrons. The molecule has 3 unspecified atom stereocenters. The van der Waals surface area contributed by atoms with E-state index < -0.39 is 10.8 Å². The van der Waals surface area contributed by atoms with E-state index in [2.05, 4.69) is 231 Å². The number of nitrogens with zero attached hydrogens (tertiary/aromatic N) is 2. The second-order valence-electron chi connectivity index (χ2n) is 18.4. The van der Waals surface area contributed by atoms with Crippen LogP contribution in [0.3, 0.4) is 0 Å². The molecule has 1 N–H and O–H groups in total. The van der Waals surface area contributed by atoms with Gasteiger partial charge in [-0.15, -0.1) is 0 Å². The summed E-state index contributed by atoms with van der Waals surface area (Å²) in [5, 5.41) is 8.68. The molecule has 5 aliphatic rings. The maximum atomic E-state index is 5.84. The highest BCUT2D eigenvalue weighted by molar-refractivity contribution is 6.11. The number of fused-ring (bicyclic) bond motifs is 17. The SMILES string of the molecule is CC1C=CC2=C(C1C1=NC(c3ccc4ccccc4c3)NC(c3ccc4ccccc4c3)=N1)C1(c3ccccc3-c3ccccc31)c1ccccc1C21c2ccccc2-c2ccccc21. The molecule has 3 nitrogen and oxygen atoms in total. The number of hydrogen-bond acceptors (Lipinski definition) is 3. The Morgan fingerprint density at radius 1 is 0.446 bits per heavy atom. The zero-order valence-corrected chi connectivity index (χ0v) is 35.9. The third-order valence-electron chi connectivity index (χ3n) is 15.3. The van der Waals surface area contributed by atoms with Crippen molar-refractivity contribution in [1.29, 1.82) is 0 Å². The first-order valence-corrected chi connectivity index (χ1v) is 23.0. The van der Waals surface area contributed by atoms with Gasteiger partial charge in [-0.1, -0.05) is 213 Å². The summed E-state index contributed by atoms with van der Waals surface area (Å²) < 4.78 is 0. The van der Waals surface area contributed by atoms with Crippen LogP contribution >= 0.6 is 0 Å². The van der Waals surface area contributed by atoms with E-state index in [9.17, 15) is 0 Å². The van der Waals surface area contributed by atoms with Crippen molar-refractivity contribution in [2.75, 3.05) is 0 Å². The van der Waals surface area contributed by atoms with Crippen LogP contribution in [0, 0.1) is 11.8 Å². The molecule has 0 saturated carbocycles. The van der Waals surface area contributed by atoms with E-state index in [0.717, 1.165) is 22.8 Å². The molecule has 3 atom stereocenters. The second kappa shape index (κ2) is 13.6. The summed E-state index contributed by atoms with van der Waals surface area (Å²) in [6.45, 7) is 2.38. The number of benzene rings is 9. The lowest BCUT2D eigenvalue weighted by Gasteiger charge is -2.53. The quantitative estimate of drug-likeness (QED) is 0.189. The Morgan fingerprint density at radius 2 is 0.908 bits per heavy atom. The fraction of sp³-hybridized carbons (Fsp3) is 0.0968. The molecule has 9 aromatic rings. The van der Waals surface area contributed by atoms with E-state index in [1.54, 1.807) is 0 Å². The largest absolute Gasteiger partial charge is 0.344 e. The number of allylic oxidation sites excluding steroid dienone is 3. The van der Waals surface area contributed by atoms with Crippen molar-refractivity contribution in [2.24, 2.45) is 21.8 Å². The van der Waals surface area contributed by atoms with Crippen molar-refractivity contribution < 1.29 is 0 Å². The molecule has 0 fully saturated rings. The Labute approximate surface area is 378 Å². The summed E-state index contributed by atoms with van der Waals surface area (Å²) in [5.41, 5.74) is 16.8. The molecule has 2 spiro atoms. The molecule has 1 aliphatic heterocycles. The zero-order chi connectivity index (χ0) is 42.9. The highest BCUT2D eigenvalue weighted by Crippen LogP contribution is 2.69. The van der Waals surface area contributed by atoms with Gasteiger partial charge in [0, 0.05) is 11.5 Å². The number of amidine groups is 2. The summed E-state index contributed by atoms with van der Waals surface area (Å²) >= 11 is 0. The average molecular weight is 830 g/mol. The Bertz CT molecular complexity index is 3550. The van der Waals surface area contributed by atoms with Crippen molar-refractivity contribution in [3.63, 3.8) is 0 Å². The first-order chi connectivity index (χ1) is 32.1. The molecule has 1 heterocycles. The van der Waals surface area contributed by atoms with Gasteiger partial charge in [-0.05, 0) is 112 Å². The first-order valence-electron chi connectivity index (χ1n) is 23.0. The maximum absolute atomic E-state index is 5.84. The summed E-state index contributed by atoms with van der Waals surface area (Å²) in [5.74, 6) is 1.56. The van der Waals surface area contributed by atoms with Crippen LogP contribution in [0.4, 0.5) is 0 Å². The lowest BCUT2D eigenvalue weighted by molar-refractivity contribution is 0.488. The normalized spacial score (nSPS) is 20.0. The maximum Gasteiger partial charge on any atom is 0.147 e. The average Bonchev–Trinajstić information content (AvgIpc) is 3.83. The van der Waals surface area contributed by atoms with Crippen LogP contribution in [0.2, 0.25) is 0 Å². The minimum absolute atomic E-state index is 0.0652. The Balaban J connectivity index is 1.11. The fourth-order valence-electron chi connectivity index (χ4n) is 12.7. The van der Waals surface area contributed by atoms with Gasteiger partial charge in [-0.25, -0.2) is 9.98 Å². The molecule has 0 bridgehead atoms. The summed E-state index contributed by atoms with van der Waals surface area (Å²) in [6, 6.07) is 76.7. The predicted molar refractivity (Wildman–Crippen MR) is 267 cm³/mol. The van der Waals surface area contributed by atoms with E-state index in [4.69, 9.17) is 9.98 Å². The zero-order valence-electron chi connectivity index (χ0n) is 35.9. The number of rotatable bonds is 3. The molecule has 0 amide bonds. The minimum atomic E-state index is -0.634. The second-order valence-corrected chi connectivity index (χ2v) is 18.4. The van der Waals surface area contributed by atoms with E-state index in [-0.39, 0.29) is 18.0 Å². The number of aliphatic imine (C=N–C) groups is 2.